The van der Waals surface area contributed by atoms with E-state index in [1.165, 1.54) is 0 Å². The number of esters is 1. The van der Waals surface area contributed by atoms with Gasteiger partial charge in [-0.1, -0.05) is 25.1 Å². The molecule has 0 aliphatic carbocycles. The second-order valence-electron chi connectivity index (χ2n) is 6.97. The molecule has 6 nitrogen and oxygen atoms in total. The lowest BCUT2D eigenvalue weighted by atomic mass is 10.2. The Kier molecular flexibility index (Phi) is 6.27. The molecule has 1 aliphatic rings. The van der Waals surface area contributed by atoms with Crippen molar-refractivity contribution in [2.24, 2.45) is 0 Å². The molecule has 2 aromatic rings. The van der Waals surface area contributed by atoms with E-state index >= 15 is 0 Å². The number of thioether (sulfide) groups is 1. The van der Waals surface area contributed by atoms with Crippen molar-refractivity contribution in [1.29, 1.82) is 0 Å². The molecule has 0 radical (unpaired) electrons. The minimum absolute atomic E-state index is 0.249. The average molecular weight is 413 g/mol. The number of aryl methyl sites for hydroxylation is 1. The van der Waals surface area contributed by atoms with Crippen LogP contribution in [-0.2, 0) is 14.3 Å². The first-order valence-electron chi connectivity index (χ1n) is 9.51. The average Bonchev–Trinajstić information content (AvgIpc) is 3.12. The summed E-state index contributed by atoms with van der Waals surface area (Å²) in [6, 6.07) is 11.9. The minimum Gasteiger partial charge on any atom is -0.461 e. The molecule has 152 valence electrons. The van der Waals surface area contributed by atoms with Gasteiger partial charge >= 0.3 is 5.97 Å². The normalized spacial score (nSPS) is 16.6. The van der Waals surface area contributed by atoms with Gasteiger partial charge in [-0.2, -0.15) is 0 Å². The Morgan fingerprint density at radius 1 is 1.21 bits per heavy atom. The quantitative estimate of drug-likeness (QED) is 0.517. The topological polar surface area (TPSA) is 68.6 Å². The molecule has 0 N–H and O–H groups in total. The van der Waals surface area contributed by atoms with Crippen LogP contribution < -0.4 is 0 Å². The van der Waals surface area contributed by atoms with E-state index in [9.17, 15) is 14.4 Å². The SMILES string of the molecule is CC[C@H](C)OC(=O)CN1C(=O)S/C(=C/c2cc(C)n(-c3ccccc3)c2C)C1=O. The number of benzene rings is 1. The van der Waals surface area contributed by atoms with Crippen LogP contribution in [0.25, 0.3) is 11.8 Å². The number of carbonyl (C=O) groups is 3. The van der Waals surface area contributed by atoms with Crippen molar-refractivity contribution in [3.05, 3.63) is 58.3 Å². The number of hydrogen-bond donors (Lipinski definition) is 0. The Balaban J connectivity index is 1.82. The zero-order chi connectivity index (χ0) is 21.1. The van der Waals surface area contributed by atoms with E-state index in [2.05, 4.69) is 4.57 Å². The van der Waals surface area contributed by atoms with E-state index in [1.54, 1.807) is 13.0 Å². The van der Waals surface area contributed by atoms with Crippen molar-refractivity contribution in [3.63, 3.8) is 0 Å². The molecule has 1 atom stereocenters. The zero-order valence-corrected chi connectivity index (χ0v) is 17.8. The summed E-state index contributed by atoms with van der Waals surface area (Å²) in [5.41, 5.74) is 3.88. The third-order valence-corrected chi connectivity index (χ3v) is 5.75. The number of amides is 2. The molecule has 2 heterocycles. The summed E-state index contributed by atoms with van der Waals surface area (Å²) >= 11 is 0.844. The molecule has 0 saturated carbocycles. The number of rotatable bonds is 6. The highest BCUT2D eigenvalue weighted by Gasteiger charge is 2.37. The predicted molar refractivity (Wildman–Crippen MR) is 114 cm³/mol. The first kappa shape index (κ1) is 20.9. The van der Waals surface area contributed by atoms with Crippen LogP contribution in [0.1, 0.15) is 37.2 Å². The zero-order valence-electron chi connectivity index (χ0n) is 17.0. The number of hydrogen-bond acceptors (Lipinski definition) is 5. The van der Waals surface area contributed by atoms with Crippen LogP contribution in [0.15, 0.2) is 41.3 Å². The van der Waals surface area contributed by atoms with Crippen molar-refractivity contribution >= 4 is 35.0 Å². The molecule has 1 saturated heterocycles. The molecule has 2 amide bonds. The van der Waals surface area contributed by atoms with Gasteiger partial charge in [0, 0.05) is 17.1 Å². The Labute approximate surface area is 174 Å². The van der Waals surface area contributed by atoms with Crippen LogP contribution >= 0.6 is 11.8 Å². The van der Waals surface area contributed by atoms with Gasteiger partial charge in [-0.25, -0.2) is 0 Å². The van der Waals surface area contributed by atoms with Gasteiger partial charge in [-0.05, 0) is 68.8 Å². The van der Waals surface area contributed by atoms with E-state index in [0.29, 0.717) is 11.3 Å². The van der Waals surface area contributed by atoms with Gasteiger partial charge in [0.2, 0.25) is 0 Å². The Bertz CT molecular complexity index is 978. The molecule has 0 spiro atoms. The fraction of sp³-hybridized carbons (Fsp3) is 0.318. The molecule has 7 heteroatoms. The summed E-state index contributed by atoms with van der Waals surface area (Å²) in [6.07, 6.45) is 2.14. The van der Waals surface area contributed by atoms with Crippen LogP contribution in [0.2, 0.25) is 0 Å². The van der Waals surface area contributed by atoms with Gasteiger partial charge in [0.1, 0.15) is 6.54 Å². The van der Waals surface area contributed by atoms with Gasteiger partial charge in [0.25, 0.3) is 11.1 Å². The van der Waals surface area contributed by atoms with Crippen LogP contribution in [-0.4, -0.2) is 39.2 Å². The van der Waals surface area contributed by atoms with E-state index in [0.717, 1.165) is 39.3 Å². The number of nitrogens with zero attached hydrogens (tertiary/aromatic N) is 2. The summed E-state index contributed by atoms with van der Waals surface area (Å²) in [6.45, 7) is 7.27. The summed E-state index contributed by atoms with van der Waals surface area (Å²) in [5, 5.41) is -0.459. The number of imide groups is 1. The molecule has 29 heavy (non-hydrogen) atoms. The van der Waals surface area contributed by atoms with Crippen LogP contribution in [0, 0.1) is 13.8 Å². The fourth-order valence-corrected chi connectivity index (χ4v) is 3.99. The third-order valence-electron chi connectivity index (χ3n) is 4.84. The monoisotopic (exact) mass is 412 g/mol. The van der Waals surface area contributed by atoms with Gasteiger partial charge in [0.05, 0.1) is 11.0 Å². The fourth-order valence-electron chi connectivity index (χ4n) is 3.16. The summed E-state index contributed by atoms with van der Waals surface area (Å²) < 4.78 is 7.28. The van der Waals surface area contributed by atoms with E-state index in [1.807, 2.05) is 57.2 Å². The predicted octanol–water partition coefficient (Wildman–Crippen LogP) is 4.47. The molecule has 0 bridgehead atoms. The third kappa shape index (κ3) is 4.45. The molecule has 3 rings (SSSR count). The van der Waals surface area contributed by atoms with Gasteiger partial charge < -0.3 is 9.30 Å². The number of aromatic nitrogens is 1. The Morgan fingerprint density at radius 3 is 2.55 bits per heavy atom. The maximum Gasteiger partial charge on any atom is 0.326 e. The van der Waals surface area contributed by atoms with Crippen molar-refractivity contribution < 1.29 is 19.1 Å². The maximum absolute atomic E-state index is 12.7. The second kappa shape index (κ2) is 8.69. The van der Waals surface area contributed by atoms with Crippen LogP contribution in [0.3, 0.4) is 0 Å². The van der Waals surface area contributed by atoms with Crippen molar-refractivity contribution in [3.8, 4) is 5.69 Å². The summed E-state index contributed by atoms with van der Waals surface area (Å²) in [7, 11) is 0. The highest BCUT2D eigenvalue weighted by atomic mass is 32.2. The first-order valence-corrected chi connectivity index (χ1v) is 10.3. The van der Waals surface area contributed by atoms with Crippen molar-refractivity contribution in [2.75, 3.05) is 6.54 Å². The van der Waals surface area contributed by atoms with Gasteiger partial charge in [-0.3, -0.25) is 19.3 Å². The molecule has 1 fully saturated rings. The highest BCUT2D eigenvalue weighted by Crippen LogP contribution is 2.33. The van der Waals surface area contributed by atoms with E-state index < -0.39 is 17.1 Å². The standard InChI is InChI=1S/C22H24N2O4S/c1-5-15(3)28-20(25)13-23-21(26)19(29-22(23)27)12-17-11-14(2)24(16(17)4)18-9-7-6-8-10-18/h6-12,15H,5,13H2,1-4H3/b19-12+/t15-/m0/s1. The lowest BCUT2D eigenvalue weighted by Crippen LogP contribution is -2.35. The second-order valence-corrected chi connectivity index (χ2v) is 7.97. The summed E-state index contributed by atoms with van der Waals surface area (Å²) in [5.74, 6) is -1.05. The number of carbonyl (C=O) groups excluding carboxylic acids is 3. The smallest absolute Gasteiger partial charge is 0.326 e. The summed E-state index contributed by atoms with van der Waals surface area (Å²) in [4.78, 5) is 38.2. The van der Waals surface area contributed by atoms with Crippen molar-refractivity contribution in [1.82, 2.24) is 9.47 Å². The van der Waals surface area contributed by atoms with Crippen LogP contribution in [0.4, 0.5) is 4.79 Å². The van der Waals surface area contributed by atoms with Gasteiger partial charge in [0.15, 0.2) is 0 Å². The molecule has 1 aromatic heterocycles. The lowest BCUT2D eigenvalue weighted by molar-refractivity contribution is -0.150. The maximum atomic E-state index is 12.7. The van der Waals surface area contributed by atoms with Crippen LogP contribution in [0.5, 0.6) is 0 Å². The number of ether oxygens (including phenoxy) is 1. The Hall–Kier alpha value is -2.80. The number of para-hydroxylation sites is 1. The molecule has 1 aromatic carbocycles. The first-order chi connectivity index (χ1) is 13.8. The molecular weight excluding hydrogens is 388 g/mol. The van der Waals surface area contributed by atoms with E-state index in [4.69, 9.17) is 4.74 Å². The highest BCUT2D eigenvalue weighted by molar-refractivity contribution is 8.18. The molecule has 0 unspecified atom stereocenters. The largest absolute Gasteiger partial charge is 0.461 e. The molecular formula is C22H24N2O4S. The van der Waals surface area contributed by atoms with E-state index in [-0.39, 0.29) is 12.6 Å². The Morgan fingerprint density at radius 2 is 1.90 bits per heavy atom. The lowest BCUT2D eigenvalue weighted by Gasteiger charge is -2.14. The van der Waals surface area contributed by atoms with Gasteiger partial charge in [-0.15, -0.1) is 0 Å². The molecule has 1 aliphatic heterocycles. The minimum atomic E-state index is -0.579. The van der Waals surface area contributed by atoms with Crippen molar-refractivity contribution in [2.45, 2.75) is 40.2 Å².